The van der Waals surface area contributed by atoms with Crippen molar-refractivity contribution in [3.63, 3.8) is 0 Å². The Kier molecular flexibility index (Phi) is 6.28. The molecule has 6 heteroatoms. The normalized spacial score (nSPS) is 10.8. The molecule has 0 saturated heterocycles. The lowest BCUT2D eigenvalue weighted by Crippen LogP contribution is -2.23. The summed E-state index contributed by atoms with van der Waals surface area (Å²) in [6, 6.07) is 24.9. The van der Waals surface area contributed by atoms with Gasteiger partial charge in [0.15, 0.2) is 0 Å². The Morgan fingerprint density at radius 3 is 2.38 bits per heavy atom. The Morgan fingerprint density at radius 1 is 0.938 bits per heavy atom. The number of halogens is 1. The summed E-state index contributed by atoms with van der Waals surface area (Å²) < 4.78 is 2.16. The van der Waals surface area contributed by atoms with Crippen LogP contribution in [0.3, 0.4) is 0 Å². The van der Waals surface area contributed by atoms with Crippen LogP contribution < -0.4 is 5.32 Å². The van der Waals surface area contributed by atoms with Crippen molar-refractivity contribution in [1.82, 2.24) is 9.47 Å². The second-order valence-electron chi connectivity index (χ2n) is 7.79. The number of rotatable bonds is 6. The van der Waals surface area contributed by atoms with Crippen LogP contribution in [0.25, 0.3) is 22.2 Å². The van der Waals surface area contributed by atoms with Crippen LogP contribution in [-0.2, 0) is 11.3 Å². The maximum absolute atomic E-state index is 12.7. The maximum atomic E-state index is 12.7. The third kappa shape index (κ3) is 4.53. The fourth-order valence-corrected chi connectivity index (χ4v) is 3.93. The van der Waals surface area contributed by atoms with Crippen molar-refractivity contribution in [1.29, 1.82) is 0 Å². The second-order valence-corrected chi connectivity index (χ2v) is 8.20. The second kappa shape index (κ2) is 9.28. The van der Waals surface area contributed by atoms with Crippen molar-refractivity contribution in [3.8, 4) is 11.3 Å². The van der Waals surface area contributed by atoms with Crippen molar-refractivity contribution < 1.29 is 9.59 Å². The first kappa shape index (κ1) is 21.7. The van der Waals surface area contributed by atoms with Crippen molar-refractivity contribution in [2.45, 2.75) is 13.0 Å². The van der Waals surface area contributed by atoms with E-state index in [0.29, 0.717) is 29.2 Å². The number of nitrogens with zero attached hydrogens (tertiary/aromatic N) is 2. The van der Waals surface area contributed by atoms with Gasteiger partial charge in [-0.05, 0) is 42.0 Å². The van der Waals surface area contributed by atoms with Crippen LogP contribution in [0.2, 0.25) is 5.02 Å². The molecule has 0 bridgehead atoms. The van der Waals surface area contributed by atoms with E-state index in [0.717, 1.165) is 22.2 Å². The quantitative estimate of drug-likeness (QED) is 0.414. The van der Waals surface area contributed by atoms with Gasteiger partial charge in [0.05, 0.1) is 10.6 Å². The number of benzene rings is 3. The van der Waals surface area contributed by atoms with E-state index < -0.39 is 0 Å². The number of fused-ring (bicyclic) bond motifs is 1. The fourth-order valence-electron chi connectivity index (χ4n) is 3.71. The van der Waals surface area contributed by atoms with Crippen molar-refractivity contribution in [2.75, 3.05) is 19.4 Å². The number of hydrogen-bond donors (Lipinski definition) is 1. The predicted octanol–water partition coefficient (Wildman–Crippen LogP) is 5.69. The number of carbonyl (C=O) groups is 2. The first-order valence-corrected chi connectivity index (χ1v) is 10.8. The largest absolute Gasteiger partial charge is 0.349 e. The molecule has 1 aromatic heterocycles. The molecule has 0 spiro atoms. The minimum Gasteiger partial charge on any atom is -0.349 e. The number of nitrogens with one attached hydrogen (secondary N) is 1. The molecule has 0 saturated carbocycles. The molecule has 1 N–H and O–H groups in total. The number of hydrogen-bond acceptors (Lipinski definition) is 2. The lowest BCUT2D eigenvalue weighted by Gasteiger charge is -2.14. The zero-order chi connectivity index (χ0) is 22.7. The monoisotopic (exact) mass is 445 g/mol. The Labute approximate surface area is 192 Å². The fraction of sp³-hybridized carbons (Fsp3) is 0.154. The number of aromatic nitrogens is 1. The van der Waals surface area contributed by atoms with E-state index in [4.69, 9.17) is 11.6 Å². The lowest BCUT2D eigenvalue weighted by atomic mass is 10.1. The van der Waals surface area contributed by atoms with E-state index in [9.17, 15) is 9.59 Å². The standard InChI is InChI=1S/C26H24ClN3O2/c1-29(2)25(31)14-15-30-23-13-12-20(28-26(32)21-10-6-7-11-22(21)27)16-19(23)17-24(30)18-8-4-3-5-9-18/h3-13,16-17H,14-15H2,1-2H3,(H,28,32). The Bertz CT molecular complexity index is 1280. The number of amides is 2. The first-order valence-electron chi connectivity index (χ1n) is 10.4. The highest BCUT2D eigenvalue weighted by Gasteiger charge is 2.15. The van der Waals surface area contributed by atoms with Crippen LogP contribution in [0, 0.1) is 0 Å². The summed E-state index contributed by atoms with van der Waals surface area (Å²) in [6.45, 7) is 0.566. The van der Waals surface area contributed by atoms with Crippen LogP contribution in [-0.4, -0.2) is 35.4 Å². The van der Waals surface area contributed by atoms with Gasteiger partial charge in [-0.3, -0.25) is 9.59 Å². The molecule has 0 aliphatic carbocycles. The predicted molar refractivity (Wildman–Crippen MR) is 130 cm³/mol. The third-order valence-corrected chi connectivity index (χ3v) is 5.72. The Morgan fingerprint density at radius 2 is 1.66 bits per heavy atom. The van der Waals surface area contributed by atoms with Crippen LogP contribution in [0.5, 0.6) is 0 Å². The molecule has 2 amide bonds. The van der Waals surface area contributed by atoms with Crippen molar-refractivity contribution in [3.05, 3.63) is 89.4 Å². The van der Waals surface area contributed by atoms with Crippen molar-refractivity contribution >= 4 is 40.0 Å². The summed E-state index contributed by atoms with van der Waals surface area (Å²) in [6.07, 6.45) is 0.404. The first-order chi connectivity index (χ1) is 15.4. The van der Waals surface area contributed by atoms with Gasteiger partial charge in [0.2, 0.25) is 5.91 Å². The molecule has 0 unspecified atom stereocenters. The van der Waals surface area contributed by atoms with Crippen LogP contribution in [0.15, 0.2) is 78.9 Å². The molecule has 0 atom stereocenters. The van der Waals surface area contributed by atoms with Gasteiger partial charge in [0.1, 0.15) is 0 Å². The SMILES string of the molecule is CN(C)C(=O)CCn1c(-c2ccccc2)cc2cc(NC(=O)c3ccccc3Cl)ccc21. The lowest BCUT2D eigenvalue weighted by molar-refractivity contribution is -0.128. The van der Waals surface area contributed by atoms with Crippen LogP contribution in [0.1, 0.15) is 16.8 Å². The summed E-state index contributed by atoms with van der Waals surface area (Å²) in [4.78, 5) is 26.5. The molecule has 32 heavy (non-hydrogen) atoms. The number of anilines is 1. The summed E-state index contributed by atoms with van der Waals surface area (Å²) >= 11 is 6.16. The molecule has 4 aromatic rings. The smallest absolute Gasteiger partial charge is 0.257 e. The zero-order valence-corrected chi connectivity index (χ0v) is 18.8. The van der Waals surface area contributed by atoms with Gasteiger partial charge in [-0.2, -0.15) is 0 Å². The molecule has 0 radical (unpaired) electrons. The van der Waals surface area contributed by atoms with E-state index in [2.05, 4.69) is 28.1 Å². The van der Waals surface area contributed by atoms with Gasteiger partial charge < -0.3 is 14.8 Å². The minimum atomic E-state index is -0.255. The zero-order valence-electron chi connectivity index (χ0n) is 18.0. The van der Waals surface area contributed by atoms with Gasteiger partial charge >= 0.3 is 0 Å². The van der Waals surface area contributed by atoms with Crippen molar-refractivity contribution in [2.24, 2.45) is 0 Å². The summed E-state index contributed by atoms with van der Waals surface area (Å²) in [5.74, 6) is -0.177. The van der Waals surface area contributed by atoms with Gasteiger partial charge in [0, 0.05) is 49.3 Å². The number of aryl methyl sites for hydroxylation is 1. The van der Waals surface area contributed by atoms with E-state index in [1.165, 1.54) is 0 Å². The van der Waals surface area contributed by atoms with E-state index in [-0.39, 0.29) is 11.8 Å². The summed E-state index contributed by atoms with van der Waals surface area (Å²) in [5, 5.41) is 4.33. The molecule has 5 nitrogen and oxygen atoms in total. The molecule has 0 aliphatic rings. The van der Waals surface area contributed by atoms with Gasteiger partial charge in [-0.25, -0.2) is 0 Å². The summed E-state index contributed by atoms with van der Waals surface area (Å²) in [5.41, 5.74) is 4.22. The average Bonchev–Trinajstić information content (AvgIpc) is 3.16. The summed E-state index contributed by atoms with van der Waals surface area (Å²) in [7, 11) is 3.53. The molecular formula is C26H24ClN3O2. The van der Waals surface area contributed by atoms with E-state index in [1.807, 2.05) is 36.4 Å². The number of carbonyl (C=O) groups excluding carboxylic acids is 2. The van der Waals surface area contributed by atoms with E-state index >= 15 is 0 Å². The highest BCUT2D eigenvalue weighted by molar-refractivity contribution is 6.34. The Balaban J connectivity index is 1.69. The van der Waals surface area contributed by atoms with E-state index in [1.54, 1.807) is 43.3 Å². The molecule has 0 aliphatic heterocycles. The molecule has 3 aromatic carbocycles. The molecule has 162 valence electrons. The molecule has 0 fully saturated rings. The topological polar surface area (TPSA) is 54.3 Å². The highest BCUT2D eigenvalue weighted by atomic mass is 35.5. The Hall–Kier alpha value is -3.57. The maximum Gasteiger partial charge on any atom is 0.257 e. The third-order valence-electron chi connectivity index (χ3n) is 5.40. The van der Waals surface area contributed by atoms with Crippen LogP contribution in [0.4, 0.5) is 5.69 Å². The van der Waals surface area contributed by atoms with Gasteiger partial charge in [-0.15, -0.1) is 0 Å². The van der Waals surface area contributed by atoms with Crippen LogP contribution >= 0.6 is 11.6 Å². The minimum absolute atomic E-state index is 0.0782. The van der Waals surface area contributed by atoms with Gasteiger partial charge in [-0.1, -0.05) is 54.1 Å². The highest BCUT2D eigenvalue weighted by Crippen LogP contribution is 2.31. The molecule has 1 heterocycles. The molecule has 4 rings (SSSR count). The average molecular weight is 446 g/mol. The van der Waals surface area contributed by atoms with Gasteiger partial charge in [0.25, 0.3) is 5.91 Å². The molecular weight excluding hydrogens is 422 g/mol.